The summed E-state index contributed by atoms with van der Waals surface area (Å²) in [7, 11) is 1.59. The number of carbonyl (C=O) groups excluding carboxylic acids is 1. The van der Waals surface area contributed by atoms with E-state index in [1.54, 1.807) is 19.3 Å². The lowest BCUT2D eigenvalue weighted by Gasteiger charge is -2.08. The number of nitrogens with two attached hydrogens (primary N) is 1. The number of rotatable bonds is 6. The Morgan fingerprint density at radius 2 is 2.24 bits per heavy atom. The number of hydrogen-bond acceptors (Lipinski definition) is 5. The molecule has 0 aliphatic rings. The molecule has 1 aromatic carbocycles. The third-order valence-electron chi connectivity index (χ3n) is 2.75. The van der Waals surface area contributed by atoms with Crippen molar-refractivity contribution in [2.75, 3.05) is 19.0 Å². The first-order valence-corrected chi connectivity index (χ1v) is 6.32. The number of ether oxygens (including phenoxy) is 1. The van der Waals surface area contributed by atoms with Crippen LogP contribution in [-0.2, 0) is 0 Å². The number of nitrogens with zero attached hydrogens (tertiary/aromatic N) is 2. The fourth-order valence-corrected chi connectivity index (χ4v) is 1.75. The second-order valence-electron chi connectivity index (χ2n) is 4.23. The van der Waals surface area contributed by atoms with E-state index in [1.165, 1.54) is 0 Å². The molecule has 0 fully saturated rings. The highest BCUT2D eigenvalue weighted by atomic mass is 16.5. The largest absolute Gasteiger partial charge is 0.497 e. The standard InChI is InChI=1S/C15H16N4O2/c1-3-7-17-15-18-12(9-13(19-15)14(16)20)10-5-4-6-11(8-10)21-2/h3-6,8-9H,1,7H2,2H3,(H2,16,20)(H,17,18,19). The molecule has 0 aliphatic carbocycles. The summed E-state index contributed by atoms with van der Waals surface area (Å²) in [6.45, 7) is 4.10. The zero-order valence-corrected chi connectivity index (χ0v) is 11.7. The first-order valence-electron chi connectivity index (χ1n) is 6.32. The van der Waals surface area contributed by atoms with Gasteiger partial charge in [-0.3, -0.25) is 4.79 Å². The van der Waals surface area contributed by atoms with E-state index < -0.39 is 5.91 Å². The molecule has 6 heteroatoms. The van der Waals surface area contributed by atoms with Gasteiger partial charge in [-0.1, -0.05) is 18.2 Å². The number of amides is 1. The Balaban J connectivity index is 2.47. The minimum Gasteiger partial charge on any atom is -0.497 e. The molecular weight excluding hydrogens is 268 g/mol. The van der Waals surface area contributed by atoms with Crippen LogP contribution in [-0.4, -0.2) is 29.5 Å². The Hall–Kier alpha value is -2.89. The van der Waals surface area contributed by atoms with Crippen LogP contribution in [0.25, 0.3) is 11.3 Å². The summed E-state index contributed by atoms with van der Waals surface area (Å²) in [6, 6.07) is 8.92. The van der Waals surface area contributed by atoms with Crippen molar-refractivity contribution in [3.05, 3.63) is 48.7 Å². The Labute approximate surface area is 122 Å². The van der Waals surface area contributed by atoms with Gasteiger partial charge in [-0.15, -0.1) is 6.58 Å². The number of carbonyl (C=O) groups is 1. The molecule has 3 N–H and O–H groups in total. The molecule has 21 heavy (non-hydrogen) atoms. The Kier molecular flexibility index (Phi) is 4.50. The van der Waals surface area contributed by atoms with Crippen molar-refractivity contribution in [3.8, 4) is 17.0 Å². The third kappa shape index (κ3) is 3.56. The van der Waals surface area contributed by atoms with Gasteiger partial charge in [0.2, 0.25) is 5.95 Å². The van der Waals surface area contributed by atoms with Crippen molar-refractivity contribution in [1.29, 1.82) is 0 Å². The van der Waals surface area contributed by atoms with Gasteiger partial charge in [0.25, 0.3) is 5.91 Å². The van der Waals surface area contributed by atoms with Gasteiger partial charge in [0, 0.05) is 12.1 Å². The summed E-state index contributed by atoms with van der Waals surface area (Å²) < 4.78 is 5.19. The van der Waals surface area contributed by atoms with Crippen LogP contribution in [0, 0.1) is 0 Å². The lowest BCUT2D eigenvalue weighted by Crippen LogP contribution is -2.15. The van der Waals surface area contributed by atoms with Crippen LogP contribution in [0.15, 0.2) is 43.0 Å². The van der Waals surface area contributed by atoms with Crippen molar-refractivity contribution in [1.82, 2.24) is 9.97 Å². The first kappa shape index (κ1) is 14.5. The maximum absolute atomic E-state index is 11.4. The van der Waals surface area contributed by atoms with Crippen LogP contribution in [0.1, 0.15) is 10.5 Å². The highest BCUT2D eigenvalue weighted by molar-refractivity contribution is 5.92. The smallest absolute Gasteiger partial charge is 0.267 e. The van der Waals surface area contributed by atoms with Gasteiger partial charge in [-0.2, -0.15) is 0 Å². The van der Waals surface area contributed by atoms with Crippen molar-refractivity contribution in [3.63, 3.8) is 0 Å². The van der Waals surface area contributed by atoms with Gasteiger partial charge in [-0.25, -0.2) is 9.97 Å². The Morgan fingerprint density at radius 3 is 2.90 bits per heavy atom. The summed E-state index contributed by atoms with van der Waals surface area (Å²) >= 11 is 0. The predicted octanol–water partition coefficient (Wildman–Crippen LogP) is 1.85. The van der Waals surface area contributed by atoms with E-state index in [2.05, 4.69) is 21.9 Å². The fourth-order valence-electron chi connectivity index (χ4n) is 1.75. The lowest BCUT2D eigenvalue weighted by atomic mass is 10.1. The first-order chi connectivity index (χ1) is 10.1. The third-order valence-corrected chi connectivity index (χ3v) is 2.75. The minimum atomic E-state index is -0.608. The van der Waals surface area contributed by atoms with E-state index in [0.29, 0.717) is 23.9 Å². The molecule has 0 spiro atoms. The second kappa shape index (κ2) is 6.51. The van der Waals surface area contributed by atoms with E-state index >= 15 is 0 Å². The zero-order valence-electron chi connectivity index (χ0n) is 11.7. The molecule has 1 heterocycles. The molecule has 2 rings (SSSR count). The summed E-state index contributed by atoms with van der Waals surface area (Å²) in [5.74, 6) is 0.416. The molecule has 1 amide bonds. The Bertz CT molecular complexity index is 670. The van der Waals surface area contributed by atoms with Crippen LogP contribution in [0.5, 0.6) is 5.75 Å². The average Bonchev–Trinajstić information content (AvgIpc) is 2.52. The molecule has 0 unspecified atom stereocenters. The van der Waals surface area contributed by atoms with Crippen LogP contribution in [0.4, 0.5) is 5.95 Å². The van der Waals surface area contributed by atoms with Crippen molar-refractivity contribution < 1.29 is 9.53 Å². The van der Waals surface area contributed by atoms with Crippen LogP contribution < -0.4 is 15.8 Å². The number of benzene rings is 1. The summed E-state index contributed by atoms with van der Waals surface area (Å²) in [5.41, 5.74) is 6.85. The van der Waals surface area contributed by atoms with Gasteiger partial charge >= 0.3 is 0 Å². The maximum Gasteiger partial charge on any atom is 0.267 e. The summed E-state index contributed by atoms with van der Waals surface area (Å²) in [6.07, 6.45) is 1.67. The summed E-state index contributed by atoms with van der Waals surface area (Å²) in [4.78, 5) is 19.8. The maximum atomic E-state index is 11.4. The van der Waals surface area contributed by atoms with E-state index in [4.69, 9.17) is 10.5 Å². The Morgan fingerprint density at radius 1 is 1.43 bits per heavy atom. The zero-order chi connectivity index (χ0) is 15.2. The molecule has 0 saturated heterocycles. The molecule has 2 aromatic rings. The van der Waals surface area contributed by atoms with Crippen molar-refractivity contribution >= 4 is 11.9 Å². The van der Waals surface area contributed by atoms with Gasteiger partial charge < -0.3 is 15.8 Å². The van der Waals surface area contributed by atoms with Gasteiger partial charge in [-0.05, 0) is 18.2 Å². The SMILES string of the molecule is C=CCNc1nc(C(N)=O)cc(-c2cccc(OC)c2)n1. The van der Waals surface area contributed by atoms with E-state index in [9.17, 15) is 4.79 Å². The lowest BCUT2D eigenvalue weighted by molar-refractivity contribution is 0.0995. The number of aromatic nitrogens is 2. The normalized spacial score (nSPS) is 9.95. The van der Waals surface area contributed by atoms with Crippen molar-refractivity contribution in [2.45, 2.75) is 0 Å². The van der Waals surface area contributed by atoms with Crippen LogP contribution in [0.2, 0.25) is 0 Å². The predicted molar refractivity (Wildman–Crippen MR) is 81.2 cm³/mol. The fraction of sp³-hybridized carbons (Fsp3) is 0.133. The number of methoxy groups -OCH3 is 1. The number of hydrogen-bond donors (Lipinski definition) is 2. The van der Waals surface area contributed by atoms with E-state index in [1.807, 2.05) is 24.3 Å². The van der Waals surface area contributed by atoms with Gasteiger partial charge in [0.1, 0.15) is 11.4 Å². The quantitative estimate of drug-likeness (QED) is 0.790. The molecule has 0 aliphatic heterocycles. The average molecular weight is 284 g/mol. The number of anilines is 1. The second-order valence-corrected chi connectivity index (χ2v) is 4.23. The number of primary amides is 1. The molecule has 108 valence electrons. The highest BCUT2D eigenvalue weighted by Crippen LogP contribution is 2.23. The minimum absolute atomic E-state index is 0.148. The molecule has 0 bridgehead atoms. The molecular formula is C15H16N4O2. The summed E-state index contributed by atoms with van der Waals surface area (Å²) in [5, 5.41) is 2.95. The van der Waals surface area contributed by atoms with E-state index in [0.717, 1.165) is 5.56 Å². The topological polar surface area (TPSA) is 90.1 Å². The van der Waals surface area contributed by atoms with E-state index in [-0.39, 0.29) is 5.69 Å². The van der Waals surface area contributed by atoms with Gasteiger partial charge in [0.05, 0.1) is 12.8 Å². The van der Waals surface area contributed by atoms with Crippen molar-refractivity contribution in [2.24, 2.45) is 5.73 Å². The molecule has 0 atom stereocenters. The molecule has 0 radical (unpaired) electrons. The van der Waals surface area contributed by atoms with Crippen LogP contribution in [0.3, 0.4) is 0 Å². The van der Waals surface area contributed by atoms with Crippen LogP contribution >= 0.6 is 0 Å². The highest BCUT2D eigenvalue weighted by Gasteiger charge is 2.10. The van der Waals surface area contributed by atoms with Gasteiger partial charge in [0.15, 0.2) is 0 Å². The molecule has 0 saturated carbocycles. The molecule has 6 nitrogen and oxygen atoms in total. The molecule has 1 aromatic heterocycles. The number of nitrogens with one attached hydrogen (secondary N) is 1. The monoisotopic (exact) mass is 284 g/mol.